The minimum absolute atomic E-state index is 0.0419. The summed E-state index contributed by atoms with van der Waals surface area (Å²) < 4.78 is 35.7. The van der Waals surface area contributed by atoms with Crippen molar-refractivity contribution in [2.24, 2.45) is 11.3 Å². The van der Waals surface area contributed by atoms with Crippen LogP contribution in [0.25, 0.3) is 0 Å². The third-order valence-corrected chi connectivity index (χ3v) is 8.02. The fraction of sp³-hybridized carbons (Fsp3) is 0.381. The predicted octanol–water partition coefficient (Wildman–Crippen LogP) is 4.69. The van der Waals surface area contributed by atoms with Gasteiger partial charge in [0.15, 0.2) is 0 Å². The molecule has 8 nitrogen and oxygen atoms in total. The molecule has 0 radical (unpaired) electrons. The van der Waals surface area contributed by atoms with Crippen molar-refractivity contribution in [3.05, 3.63) is 62.2 Å². The summed E-state index contributed by atoms with van der Waals surface area (Å²) in [6.45, 7) is 0.405. The van der Waals surface area contributed by atoms with E-state index in [1.165, 1.54) is 29.1 Å². The summed E-state index contributed by atoms with van der Waals surface area (Å²) >= 11 is 12.9. The minimum atomic E-state index is -3.63. The van der Waals surface area contributed by atoms with E-state index in [4.69, 9.17) is 27.6 Å². The van der Waals surface area contributed by atoms with Gasteiger partial charge in [0, 0.05) is 24.1 Å². The van der Waals surface area contributed by atoms with Gasteiger partial charge in [0.05, 0.1) is 33.6 Å². The first kappa shape index (κ1) is 23.1. The summed E-state index contributed by atoms with van der Waals surface area (Å²) in [5, 5.41) is 16.9. The molecule has 1 atom stereocenters. The second kappa shape index (κ2) is 8.24. The van der Waals surface area contributed by atoms with Gasteiger partial charge in [0.25, 0.3) is 11.8 Å². The number of benzene rings is 1. The van der Waals surface area contributed by atoms with E-state index >= 15 is 8.78 Å². The molecule has 1 saturated heterocycles. The first-order valence-corrected chi connectivity index (χ1v) is 11.8. The first-order chi connectivity index (χ1) is 16.1. The molecule has 2 fully saturated rings. The number of amides is 1. The molecule has 3 aromatic rings. The van der Waals surface area contributed by atoms with Crippen molar-refractivity contribution in [3.8, 4) is 0 Å². The van der Waals surface area contributed by atoms with Crippen molar-refractivity contribution in [3.63, 3.8) is 0 Å². The van der Waals surface area contributed by atoms with Gasteiger partial charge in [-0.1, -0.05) is 29.3 Å². The van der Waals surface area contributed by atoms with Crippen LogP contribution in [0.3, 0.4) is 0 Å². The molecular formula is C21H16Cl2F2N4O4S. The van der Waals surface area contributed by atoms with Gasteiger partial charge >= 0.3 is 11.9 Å². The van der Waals surface area contributed by atoms with Crippen LogP contribution in [-0.4, -0.2) is 50.2 Å². The van der Waals surface area contributed by atoms with Gasteiger partial charge in [-0.2, -0.15) is 8.78 Å². The number of carbonyl (C=O) groups excluding carboxylic acids is 1. The fourth-order valence-electron chi connectivity index (χ4n) is 4.77. The number of nitrogens with zero attached hydrogens (tertiary/aromatic N) is 4. The van der Waals surface area contributed by atoms with Gasteiger partial charge < -0.3 is 14.4 Å². The highest BCUT2D eigenvalue weighted by Crippen LogP contribution is 2.58. The molecule has 178 valence electrons. The number of carbonyl (C=O) groups is 2. The summed E-state index contributed by atoms with van der Waals surface area (Å²) in [7, 11) is 0. The number of rotatable bonds is 5. The smallest absolute Gasteiger partial charge is 0.349 e. The van der Waals surface area contributed by atoms with Crippen molar-refractivity contribution < 1.29 is 27.9 Å². The van der Waals surface area contributed by atoms with Crippen LogP contribution in [0.2, 0.25) is 10.0 Å². The van der Waals surface area contributed by atoms with Gasteiger partial charge in [-0.3, -0.25) is 14.6 Å². The van der Waals surface area contributed by atoms with Crippen LogP contribution in [0, 0.1) is 11.3 Å². The number of carboxylic acids is 1. The lowest BCUT2D eigenvalue weighted by molar-refractivity contribution is -0.150. The normalized spacial score (nSPS) is 24.4. The fourth-order valence-corrected chi connectivity index (χ4v) is 5.65. The Morgan fingerprint density at radius 2 is 2.00 bits per heavy atom. The highest BCUT2D eigenvalue weighted by atomic mass is 35.5. The lowest BCUT2D eigenvalue weighted by Gasteiger charge is -2.45. The highest BCUT2D eigenvalue weighted by Gasteiger charge is 2.59. The number of likely N-dealkylation sites (tertiary alicyclic amines) is 1. The molecule has 0 bridgehead atoms. The summed E-state index contributed by atoms with van der Waals surface area (Å²) in [5.74, 6) is -6.97. The van der Waals surface area contributed by atoms with Gasteiger partial charge in [-0.05, 0) is 25.0 Å². The largest absolute Gasteiger partial charge is 0.481 e. The topological polar surface area (TPSA) is 109 Å². The quantitative estimate of drug-likeness (QED) is 0.511. The van der Waals surface area contributed by atoms with Crippen LogP contribution in [-0.2, 0) is 10.7 Å². The molecule has 1 N–H and O–H groups in total. The van der Waals surface area contributed by atoms with Crippen molar-refractivity contribution in [2.75, 3.05) is 13.1 Å². The van der Waals surface area contributed by atoms with Crippen LogP contribution >= 0.6 is 34.5 Å². The Hall–Kier alpha value is -2.63. The molecule has 34 heavy (non-hydrogen) atoms. The van der Waals surface area contributed by atoms with E-state index in [2.05, 4.69) is 15.2 Å². The third kappa shape index (κ3) is 3.75. The number of carboxylic acid groups (broad SMARTS) is 1. The van der Waals surface area contributed by atoms with E-state index in [-0.39, 0.29) is 47.8 Å². The minimum Gasteiger partial charge on any atom is -0.481 e. The van der Waals surface area contributed by atoms with Crippen molar-refractivity contribution in [2.45, 2.75) is 24.7 Å². The van der Waals surface area contributed by atoms with E-state index in [0.29, 0.717) is 4.88 Å². The van der Waals surface area contributed by atoms with E-state index in [1.807, 2.05) is 0 Å². The molecule has 1 saturated carbocycles. The van der Waals surface area contributed by atoms with E-state index < -0.39 is 40.6 Å². The standard InChI is InChI=1S/C21H16Cl2F2N4O4S/c22-13-2-1-11(3-14(13)23)21(24,25)19-28-27-16(33-19)12-7-29(17(30)15-6-26-9-34-15)8-20(12)4-10(5-20)18(31)32/h1-3,6,9-10,12H,4-5,7-8H2,(H,31,32). The molecule has 1 aromatic carbocycles. The molecule has 1 aliphatic carbocycles. The van der Waals surface area contributed by atoms with Crippen LogP contribution in [0.15, 0.2) is 34.3 Å². The van der Waals surface area contributed by atoms with Gasteiger partial charge in [-0.15, -0.1) is 21.5 Å². The summed E-state index contributed by atoms with van der Waals surface area (Å²) in [5.41, 5.74) is 0.428. The van der Waals surface area contributed by atoms with Gasteiger partial charge in [0.1, 0.15) is 4.88 Å². The summed E-state index contributed by atoms with van der Waals surface area (Å²) in [6, 6.07) is 3.40. The molecular weight excluding hydrogens is 513 g/mol. The molecule has 13 heteroatoms. The van der Waals surface area contributed by atoms with E-state index in [9.17, 15) is 14.7 Å². The van der Waals surface area contributed by atoms with Gasteiger partial charge in [0.2, 0.25) is 5.89 Å². The average Bonchev–Trinajstić information content (AvgIpc) is 3.52. The zero-order valence-corrected chi connectivity index (χ0v) is 19.6. The number of alkyl halides is 2. The number of aliphatic carboxylic acids is 1. The molecule has 1 unspecified atom stereocenters. The SMILES string of the molecule is O=C(O)C1CC2(C1)CN(C(=O)c1cncs1)CC2c1nnc(C(F)(F)c2ccc(Cl)c(Cl)c2)o1. The Bertz CT molecular complexity index is 1260. The van der Waals surface area contributed by atoms with Gasteiger partial charge in [-0.25, -0.2) is 0 Å². The maximum absolute atomic E-state index is 15.1. The Balaban J connectivity index is 1.45. The average molecular weight is 529 g/mol. The zero-order valence-electron chi connectivity index (χ0n) is 17.3. The third-order valence-electron chi connectivity index (χ3n) is 6.52. The molecule has 5 rings (SSSR count). The number of hydrogen-bond donors (Lipinski definition) is 1. The second-order valence-corrected chi connectivity index (χ2v) is 10.3. The molecule has 1 aliphatic heterocycles. The molecule has 2 aliphatic rings. The number of aromatic nitrogens is 3. The number of halogens is 4. The lowest BCUT2D eigenvalue weighted by Crippen LogP contribution is -2.46. The monoisotopic (exact) mass is 528 g/mol. The van der Waals surface area contributed by atoms with Crippen molar-refractivity contribution in [1.29, 1.82) is 0 Å². The Labute approximate surface area is 205 Å². The summed E-state index contributed by atoms with van der Waals surface area (Å²) in [6.07, 6.45) is 2.01. The first-order valence-electron chi connectivity index (χ1n) is 10.2. The number of thiazole rings is 1. The zero-order chi connectivity index (χ0) is 24.3. The maximum atomic E-state index is 15.1. The lowest BCUT2D eigenvalue weighted by atomic mass is 9.57. The van der Waals surface area contributed by atoms with Crippen molar-refractivity contribution in [1.82, 2.24) is 20.1 Å². The number of hydrogen-bond acceptors (Lipinski definition) is 7. The Kier molecular flexibility index (Phi) is 5.61. The predicted molar refractivity (Wildman–Crippen MR) is 117 cm³/mol. The van der Waals surface area contributed by atoms with Crippen LogP contribution in [0.1, 0.15) is 45.8 Å². The second-order valence-electron chi connectivity index (χ2n) is 8.56. The Morgan fingerprint density at radius 3 is 2.65 bits per heavy atom. The van der Waals surface area contributed by atoms with E-state index in [1.54, 1.807) is 4.90 Å². The maximum Gasteiger partial charge on any atom is 0.349 e. The highest BCUT2D eigenvalue weighted by molar-refractivity contribution is 7.11. The summed E-state index contributed by atoms with van der Waals surface area (Å²) in [4.78, 5) is 30.3. The molecule has 1 amide bonds. The molecule has 3 heterocycles. The van der Waals surface area contributed by atoms with Crippen LogP contribution in [0.4, 0.5) is 8.78 Å². The molecule has 1 spiro atoms. The van der Waals surface area contributed by atoms with E-state index in [0.717, 1.165) is 12.1 Å². The Morgan fingerprint density at radius 1 is 1.24 bits per heavy atom. The molecule has 2 aromatic heterocycles. The van der Waals surface area contributed by atoms with Crippen LogP contribution < -0.4 is 0 Å². The van der Waals surface area contributed by atoms with Crippen molar-refractivity contribution >= 4 is 46.4 Å². The van der Waals surface area contributed by atoms with Crippen LogP contribution in [0.5, 0.6) is 0 Å².